The van der Waals surface area contributed by atoms with Crippen LogP contribution in [0.2, 0.25) is 0 Å². The topological polar surface area (TPSA) is 9.23 Å². The average molecular weight is 1220 g/mol. The first-order valence-corrected chi connectivity index (χ1v) is 17.9. The van der Waals surface area contributed by atoms with Crippen molar-refractivity contribution in [1.82, 2.24) is 0 Å². The third-order valence-electron chi connectivity index (χ3n) is 3.89. The Labute approximate surface area is 293 Å². The summed E-state index contributed by atoms with van der Waals surface area (Å²) in [4.78, 5) is 0. The number of rotatable bonds is 3. The number of hydrogen-bond acceptors (Lipinski definition) is 1. The zero-order chi connectivity index (χ0) is 25.2. The van der Waals surface area contributed by atoms with E-state index in [4.69, 9.17) is 4.74 Å². The molecular weight excluding hydrogens is 1220 g/mol. The van der Waals surface area contributed by atoms with Crippen LogP contribution in [0.5, 0.6) is 5.75 Å². The highest BCUT2D eigenvalue weighted by atomic mass is 79.9. The van der Waals surface area contributed by atoms with Gasteiger partial charge in [-0.25, -0.2) is 0 Å². The standard InChI is InChI=1S/C14H8Br6O.C6Br6/c1-6(8-4-10(17)11(18)5-9(8)16)21-14-12(19)2-7(15)3-13(14)20;7-1-2(8)4(10)6(12)5(11)3(1)9/h2-6H,1H3;. The highest BCUT2D eigenvalue weighted by Crippen LogP contribution is 2.46. The second kappa shape index (κ2) is 14.6. The molecule has 0 heterocycles. The zero-order valence-corrected chi connectivity index (χ0v) is 34.9. The summed E-state index contributed by atoms with van der Waals surface area (Å²) >= 11 is 41.8. The molecule has 0 N–H and O–H groups in total. The van der Waals surface area contributed by atoms with Crippen LogP contribution in [0, 0.1) is 0 Å². The Kier molecular flexibility index (Phi) is 14.3. The molecular formula is C20H8Br12O. The van der Waals surface area contributed by atoms with E-state index in [1.54, 1.807) is 0 Å². The Morgan fingerprint density at radius 2 is 0.848 bits per heavy atom. The van der Waals surface area contributed by atoms with Crippen LogP contribution in [-0.2, 0) is 0 Å². The van der Waals surface area contributed by atoms with Gasteiger partial charge in [-0.3, -0.25) is 0 Å². The lowest BCUT2D eigenvalue weighted by Crippen LogP contribution is -2.05. The third kappa shape index (κ3) is 8.60. The van der Waals surface area contributed by atoms with Gasteiger partial charge in [0.05, 0.1) is 8.95 Å². The van der Waals surface area contributed by atoms with E-state index in [2.05, 4.69) is 191 Å². The first-order valence-electron chi connectivity index (χ1n) is 8.38. The Morgan fingerprint density at radius 1 is 0.485 bits per heavy atom. The van der Waals surface area contributed by atoms with Gasteiger partial charge in [0, 0.05) is 50.3 Å². The van der Waals surface area contributed by atoms with E-state index in [1.165, 1.54) is 0 Å². The lowest BCUT2D eigenvalue weighted by Gasteiger charge is -2.19. The van der Waals surface area contributed by atoms with Gasteiger partial charge in [-0.05, 0) is 190 Å². The average Bonchev–Trinajstić information content (AvgIpc) is 2.74. The number of hydrogen-bond donors (Lipinski definition) is 0. The molecule has 0 fully saturated rings. The molecule has 13 heteroatoms. The van der Waals surface area contributed by atoms with E-state index in [0.717, 1.165) is 65.0 Å². The van der Waals surface area contributed by atoms with Crippen molar-refractivity contribution in [2.75, 3.05) is 0 Å². The van der Waals surface area contributed by atoms with Crippen LogP contribution in [-0.4, -0.2) is 0 Å². The zero-order valence-electron chi connectivity index (χ0n) is 15.8. The van der Waals surface area contributed by atoms with E-state index in [9.17, 15) is 0 Å². The molecule has 0 aromatic heterocycles. The second-order valence-electron chi connectivity index (χ2n) is 6.13. The van der Waals surface area contributed by atoms with Gasteiger partial charge in [-0.2, -0.15) is 0 Å². The molecule has 3 rings (SSSR count). The van der Waals surface area contributed by atoms with Crippen LogP contribution in [0.25, 0.3) is 0 Å². The minimum absolute atomic E-state index is 0.113. The van der Waals surface area contributed by atoms with E-state index >= 15 is 0 Å². The van der Waals surface area contributed by atoms with Gasteiger partial charge in [0.25, 0.3) is 0 Å². The van der Waals surface area contributed by atoms with E-state index in [0.29, 0.717) is 0 Å². The molecule has 0 aliphatic carbocycles. The Morgan fingerprint density at radius 3 is 1.24 bits per heavy atom. The molecule has 1 nitrogen and oxygen atoms in total. The van der Waals surface area contributed by atoms with Crippen molar-refractivity contribution in [3.8, 4) is 5.75 Å². The molecule has 0 aliphatic heterocycles. The van der Waals surface area contributed by atoms with Crippen molar-refractivity contribution in [2.45, 2.75) is 13.0 Å². The van der Waals surface area contributed by atoms with Crippen LogP contribution in [0.4, 0.5) is 0 Å². The highest BCUT2D eigenvalue weighted by Gasteiger charge is 2.17. The predicted molar refractivity (Wildman–Crippen MR) is 181 cm³/mol. The molecule has 0 amide bonds. The Balaban J connectivity index is 0.000000273. The number of halogens is 12. The van der Waals surface area contributed by atoms with Crippen LogP contribution in [0.1, 0.15) is 18.6 Å². The van der Waals surface area contributed by atoms with Crippen LogP contribution in [0.3, 0.4) is 0 Å². The fourth-order valence-corrected chi connectivity index (χ4v) is 10.4. The predicted octanol–water partition coefficient (Wildman–Crippen LogP) is 14.7. The number of ether oxygens (including phenoxy) is 1. The summed E-state index contributed by atoms with van der Waals surface area (Å²) < 4.78 is 17.7. The first-order chi connectivity index (χ1) is 15.3. The molecule has 1 unspecified atom stereocenters. The molecule has 33 heavy (non-hydrogen) atoms. The van der Waals surface area contributed by atoms with E-state index in [-0.39, 0.29) is 6.10 Å². The van der Waals surface area contributed by atoms with Crippen molar-refractivity contribution in [1.29, 1.82) is 0 Å². The van der Waals surface area contributed by atoms with Gasteiger partial charge in [-0.1, -0.05) is 31.9 Å². The molecule has 0 aliphatic rings. The third-order valence-corrected chi connectivity index (χ3v) is 16.0. The molecule has 0 bridgehead atoms. The second-order valence-corrected chi connectivity index (χ2v) is 16.1. The lowest BCUT2D eigenvalue weighted by atomic mass is 10.1. The largest absolute Gasteiger partial charge is 0.484 e. The summed E-state index contributed by atoms with van der Waals surface area (Å²) in [6.45, 7) is 2.02. The summed E-state index contributed by atoms with van der Waals surface area (Å²) in [5.41, 5.74) is 1.06. The van der Waals surface area contributed by atoms with Crippen molar-refractivity contribution in [3.05, 3.63) is 83.5 Å². The summed E-state index contributed by atoms with van der Waals surface area (Å²) in [7, 11) is 0. The monoisotopic (exact) mass is 1210 g/mol. The highest BCUT2D eigenvalue weighted by molar-refractivity contribution is 9.17. The molecule has 0 saturated carbocycles. The maximum atomic E-state index is 6.11. The van der Waals surface area contributed by atoms with E-state index < -0.39 is 0 Å². The van der Waals surface area contributed by atoms with Crippen LogP contribution < -0.4 is 4.74 Å². The summed E-state index contributed by atoms with van der Waals surface area (Å²) in [6, 6.07) is 7.96. The van der Waals surface area contributed by atoms with Crippen LogP contribution >= 0.6 is 191 Å². The minimum Gasteiger partial charge on any atom is -0.484 e. The summed E-state index contributed by atoms with van der Waals surface area (Å²) in [5.74, 6) is 0.775. The van der Waals surface area contributed by atoms with Crippen molar-refractivity contribution >= 4 is 191 Å². The maximum absolute atomic E-state index is 6.11. The van der Waals surface area contributed by atoms with Gasteiger partial charge >= 0.3 is 0 Å². The molecule has 0 spiro atoms. The van der Waals surface area contributed by atoms with Crippen molar-refractivity contribution < 1.29 is 4.74 Å². The molecule has 1 atom stereocenters. The summed E-state index contributed by atoms with van der Waals surface area (Å²) in [6.07, 6.45) is -0.113. The fourth-order valence-electron chi connectivity index (χ4n) is 2.31. The van der Waals surface area contributed by atoms with Gasteiger partial charge in [0.15, 0.2) is 0 Å². The van der Waals surface area contributed by atoms with Crippen molar-refractivity contribution in [3.63, 3.8) is 0 Å². The molecule has 3 aromatic rings. The minimum atomic E-state index is -0.113. The quantitative estimate of drug-likeness (QED) is 0.188. The van der Waals surface area contributed by atoms with E-state index in [1.807, 2.05) is 31.2 Å². The normalized spacial score (nSPS) is 11.7. The summed E-state index contributed by atoms with van der Waals surface area (Å²) in [5, 5.41) is 0. The van der Waals surface area contributed by atoms with Gasteiger partial charge in [0.2, 0.25) is 0 Å². The fraction of sp³-hybridized carbons (Fsp3) is 0.100. The molecule has 0 radical (unpaired) electrons. The molecule has 178 valence electrons. The van der Waals surface area contributed by atoms with Crippen molar-refractivity contribution in [2.24, 2.45) is 0 Å². The van der Waals surface area contributed by atoms with Gasteiger partial charge in [0.1, 0.15) is 11.9 Å². The van der Waals surface area contributed by atoms with Crippen LogP contribution in [0.15, 0.2) is 77.9 Å². The Bertz CT molecular complexity index is 1070. The first kappa shape index (κ1) is 32.4. The molecule has 3 aromatic carbocycles. The Hall–Kier alpha value is 3.22. The van der Waals surface area contributed by atoms with Gasteiger partial charge < -0.3 is 4.74 Å². The number of benzene rings is 3. The lowest BCUT2D eigenvalue weighted by molar-refractivity contribution is 0.223. The SMILES string of the molecule is Brc1c(Br)c(Br)c(Br)c(Br)c1Br.CC(Oc1c(Br)cc(Br)cc1Br)c1cc(Br)c(Br)cc1Br. The molecule has 0 saturated heterocycles. The van der Waals surface area contributed by atoms with Gasteiger partial charge in [-0.15, -0.1) is 0 Å². The smallest absolute Gasteiger partial charge is 0.148 e. The maximum Gasteiger partial charge on any atom is 0.148 e.